The van der Waals surface area contributed by atoms with E-state index in [1.54, 1.807) is 0 Å². The first kappa shape index (κ1) is 17.0. The number of amides is 1. The van der Waals surface area contributed by atoms with E-state index in [0.717, 1.165) is 56.2 Å². The maximum absolute atomic E-state index is 12.6. The molecule has 1 atom stereocenters. The normalized spacial score (nSPS) is 24.7. The SMILES string of the molecule is CN1CCC(c2ncc3c(n2)CCN(C(=O)CCC2CCCC2)C3)C1. The van der Waals surface area contributed by atoms with Gasteiger partial charge in [0.2, 0.25) is 5.91 Å². The molecule has 2 aliphatic heterocycles. The van der Waals surface area contributed by atoms with Crippen LogP contribution in [-0.4, -0.2) is 52.4 Å². The monoisotopic (exact) mass is 342 g/mol. The summed E-state index contributed by atoms with van der Waals surface area (Å²) < 4.78 is 0. The fraction of sp³-hybridized carbons (Fsp3) is 0.750. The molecule has 1 unspecified atom stereocenters. The Morgan fingerprint density at radius 3 is 2.84 bits per heavy atom. The number of nitrogens with zero attached hydrogens (tertiary/aromatic N) is 4. The number of likely N-dealkylation sites (tertiary alicyclic amines) is 1. The molecule has 1 aromatic heterocycles. The second kappa shape index (κ2) is 7.40. The highest BCUT2D eigenvalue weighted by atomic mass is 16.2. The van der Waals surface area contributed by atoms with Crippen LogP contribution in [0.15, 0.2) is 6.20 Å². The Labute approximate surface area is 150 Å². The first-order chi connectivity index (χ1) is 12.2. The standard InChI is InChI=1S/C20H30N4O/c1-23-10-8-16(13-23)20-21-12-17-14-24(11-9-18(17)22-20)19(25)7-6-15-4-2-3-5-15/h12,15-16H,2-11,13-14H2,1H3. The average Bonchev–Trinajstić information content (AvgIpc) is 3.30. The first-order valence-electron chi connectivity index (χ1n) is 10.00. The van der Waals surface area contributed by atoms with E-state index >= 15 is 0 Å². The minimum atomic E-state index is 0.319. The largest absolute Gasteiger partial charge is 0.338 e. The van der Waals surface area contributed by atoms with Gasteiger partial charge in [-0.05, 0) is 32.4 Å². The molecule has 4 rings (SSSR count). The number of fused-ring (bicyclic) bond motifs is 1. The van der Waals surface area contributed by atoms with E-state index < -0.39 is 0 Å². The Bertz CT molecular complexity index is 626. The number of aromatic nitrogens is 2. The summed E-state index contributed by atoms with van der Waals surface area (Å²) >= 11 is 0. The van der Waals surface area contributed by atoms with Crippen LogP contribution in [0, 0.1) is 5.92 Å². The molecule has 0 radical (unpaired) electrons. The molecular formula is C20H30N4O. The van der Waals surface area contributed by atoms with Crippen molar-refractivity contribution in [3.63, 3.8) is 0 Å². The minimum Gasteiger partial charge on any atom is -0.338 e. The van der Waals surface area contributed by atoms with Crippen molar-refractivity contribution < 1.29 is 4.79 Å². The van der Waals surface area contributed by atoms with E-state index in [2.05, 4.69) is 16.9 Å². The lowest BCUT2D eigenvalue weighted by atomic mass is 10.0. The number of hydrogen-bond acceptors (Lipinski definition) is 4. The molecule has 2 fully saturated rings. The van der Waals surface area contributed by atoms with E-state index in [1.807, 2.05) is 11.1 Å². The minimum absolute atomic E-state index is 0.319. The Morgan fingerprint density at radius 1 is 1.24 bits per heavy atom. The van der Waals surface area contributed by atoms with Crippen molar-refractivity contribution in [1.82, 2.24) is 19.8 Å². The second-order valence-corrected chi connectivity index (χ2v) is 8.20. The molecule has 1 saturated carbocycles. The topological polar surface area (TPSA) is 49.3 Å². The molecule has 1 saturated heterocycles. The Morgan fingerprint density at radius 2 is 2.08 bits per heavy atom. The summed E-state index contributed by atoms with van der Waals surface area (Å²) in [6.07, 6.45) is 11.2. The molecule has 0 bridgehead atoms. The average molecular weight is 342 g/mol. The zero-order chi connectivity index (χ0) is 17.2. The maximum Gasteiger partial charge on any atom is 0.222 e. The van der Waals surface area contributed by atoms with Gasteiger partial charge >= 0.3 is 0 Å². The summed E-state index contributed by atoms with van der Waals surface area (Å²) in [5.41, 5.74) is 2.31. The van der Waals surface area contributed by atoms with Gasteiger partial charge in [-0.25, -0.2) is 9.97 Å². The van der Waals surface area contributed by atoms with Gasteiger partial charge < -0.3 is 9.80 Å². The zero-order valence-corrected chi connectivity index (χ0v) is 15.4. The lowest BCUT2D eigenvalue weighted by molar-refractivity contribution is -0.132. The van der Waals surface area contributed by atoms with Crippen LogP contribution in [0.5, 0.6) is 0 Å². The van der Waals surface area contributed by atoms with Gasteiger partial charge in [-0.1, -0.05) is 25.7 Å². The van der Waals surface area contributed by atoms with Gasteiger partial charge in [-0.2, -0.15) is 0 Å². The quantitative estimate of drug-likeness (QED) is 0.844. The van der Waals surface area contributed by atoms with Gasteiger partial charge in [0.25, 0.3) is 0 Å². The summed E-state index contributed by atoms with van der Waals surface area (Å²) in [6.45, 7) is 3.71. The van der Waals surface area contributed by atoms with Gasteiger partial charge in [0.1, 0.15) is 5.82 Å². The van der Waals surface area contributed by atoms with Crippen molar-refractivity contribution in [2.45, 2.75) is 63.8 Å². The summed E-state index contributed by atoms with van der Waals surface area (Å²) in [4.78, 5) is 26.4. The van der Waals surface area contributed by atoms with E-state index in [9.17, 15) is 4.79 Å². The third-order valence-electron chi connectivity index (χ3n) is 6.30. The molecule has 1 aromatic rings. The van der Waals surface area contributed by atoms with Crippen molar-refractivity contribution in [2.75, 3.05) is 26.7 Å². The Kier molecular flexibility index (Phi) is 5.02. The number of carbonyl (C=O) groups excluding carboxylic acids is 1. The van der Waals surface area contributed by atoms with Gasteiger partial charge in [0, 0.05) is 50.2 Å². The predicted octanol–water partition coefficient (Wildman–Crippen LogP) is 2.75. The lowest BCUT2D eigenvalue weighted by Gasteiger charge is -2.29. The zero-order valence-electron chi connectivity index (χ0n) is 15.4. The highest BCUT2D eigenvalue weighted by molar-refractivity contribution is 5.76. The molecule has 0 spiro atoms. The summed E-state index contributed by atoms with van der Waals surface area (Å²) in [7, 11) is 2.16. The molecular weight excluding hydrogens is 312 g/mol. The predicted molar refractivity (Wildman–Crippen MR) is 97.2 cm³/mol. The van der Waals surface area contributed by atoms with Crippen molar-refractivity contribution in [2.24, 2.45) is 5.92 Å². The molecule has 3 heterocycles. The summed E-state index contributed by atoms with van der Waals surface area (Å²) in [6, 6.07) is 0. The van der Waals surface area contributed by atoms with Crippen LogP contribution in [0.3, 0.4) is 0 Å². The molecule has 136 valence electrons. The first-order valence-corrected chi connectivity index (χ1v) is 10.00. The van der Waals surface area contributed by atoms with Gasteiger partial charge in [0.15, 0.2) is 0 Å². The number of carbonyl (C=O) groups is 1. The van der Waals surface area contributed by atoms with Crippen LogP contribution in [-0.2, 0) is 17.8 Å². The van der Waals surface area contributed by atoms with Crippen molar-refractivity contribution in [3.05, 3.63) is 23.3 Å². The van der Waals surface area contributed by atoms with Crippen molar-refractivity contribution in [3.8, 4) is 0 Å². The highest BCUT2D eigenvalue weighted by Gasteiger charge is 2.27. The van der Waals surface area contributed by atoms with Crippen LogP contribution >= 0.6 is 0 Å². The van der Waals surface area contributed by atoms with Crippen molar-refractivity contribution in [1.29, 1.82) is 0 Å². The Hall–Kier alpha value is -1.49. The van der Waals surface area contributed by atoms with Gasteiger partial charge in [-0.3, -0.25) is 4.79 Å². The number of likely N-dealkylation sites (N-methyl/N-ethyl adjacent to an activating group) is 1. The number of rotatable bonds is 4. The van der Waals surface area contributed by atoms with Gasteiger partial charge in [0.05, 0.1) is 5.69 Å². The van der Waals surface area contributed by atoms with E-state index in [0.29, 0.717) is 24.8 Å². The maximum atomic E-state index is 12.6. The van der Waals surface area contributed by atoms with Crippen molar-refractivity contribution >= 4 is 5.91 Å². The van der Waals surface area contributed by atoms with E-state index in [1.165, 1.54) is 31.4 Å². The molecule has 1 aliphatic carbocycles. The molecule has 3 aliphatic rings. The van der Waals surface area contributed by atoms with Crippen LogP contribution in [0.25, 0.3) is 0 Å². The third kappa shape index (κ3) is 3.86. The fourth-order valence-corrected chi connectivity index (χ4v) is 4.67. The molecule has 5 heteroatoms. The molecule has 25 heavy (non-hydrogen) atoms. The third-order valence-corrected chi connectivity index (χ3v) is 6.30. The van der Waals surface area contributed by atoms with Gasteiger partial charge in [-0.15, -0.1) is 0 Å². The smallest absolute Gasteiger partial charge is 0.222 e. The molecule has 0 aromatic carbocycles. The lowest BCUT2D eigenvalue weighted by Crippen LogP contribution is -2.36. The molecule has 0 N–H and O–H groups in total. The van der Waals surface area contributed by atoms with Crippen LogP contribution in [0.4, 0.5) is 0 Å². The highest BCUT2D eigenvalue weighted by Crippen LogP contribution is 2.29. The van der Waals surface area contributed by atoms with Crippen LogP contribution in [0.2, 0.25) is 0 Å². The summed E-state index contributed by atoms with van der Waals surface area (Å²) in [5.74, 6) is 2.58. The number of hydrogen-bond donors (Lipinski definition) is 0. The molecule has 1 amide bonds. The van der Waals surface area contributed by atoms with E-state index in [4.69, 9.17) is 4.98 Å². The van der Waals surface area contributed by atoms with Crippen LogP contribution < -0.4 is 0 Å². The van der Waals surface area contributed by atoms with E-state index in [-0.39, 0.29) is 0 Å². The van der Waals surface area contributed by atoms with Crippen LogP contribution in [0.1, 0.15) is 67.9 Å². The fourth-order valence-electron chi connectivity index (χ4n) is 4.67. The Balaban J connectivity index is 1.35. The molecule has 5 nitrogen and oxygen atoms in total. The second-order valence-electron chi connectivity index (χ2n) is 8.20. The summed E-state index contributed by atoms with van der Waals surface area (Å²) in [5, 5.41) is 0.